The summed E-state index contributed by atoms with van der Waals surface area (Å²) in [6.07, 6.45) is 3.38. The summed E-state index contributed by atoms with van der Waals surface area (Å²) < 4.78 is 5.30. The van der Waals surface area contributed by atoms with E-state index in [4.69, 9.17) is 4.74 Å². The molecule has 0 bridgehead atoms. The van der Waals surface area contributed by atoms with Crippen LogP contribution >= 0.6 is 0 Å². The summed E-state index contributed by atoms with van der Waals surface area (Å²) >= 11 is 0. The average Bonchev–Trinajstić information content (AvgIpc) is 2.81. The lowest BCUT2D eigenvalue weighted by molar-refractivity contribution is 0.0890. The second-order valence-corrected chi connectivity index (χ2v) is 4.79. The first-order chi connectivity index (χ1) is 8.72. The maximum Gasteiger partial charge on any atom is 0.0693 e. The van der Waals surface area contributed by atoms with Gasteiger partial charge in [0.1, 0.15) is 0 Å². The molecule has 1 aromatic carbocycles. The third-order valence-corrected chi connectivity index (χ3v) is 3.61. The zero-order chi connectivity index (χ0) is 13.0. The minimum absolute atomic E-state index is 0.243. The summed E-state index contributed by atoms with van der Waals surface area (Å²) in [5.74, 6) is 0. The Morgan fingerprint density at radius 2 is 2.06 bits per heavy atom. The Labute approximate surface area is 109 Å². The van der Waals surface area contributed by atoms with Crippen LogP contribution in [0.1, 0.15) is 19.4 Å². The van der Waals surface area contributed by atoms with Crippen LogP contribution in [0.15, 0.2) is 30.5 Å². The second kappa shape index (κ2) is 6.03. The standard InChI is InChI=1S/C15H22N2O/c1-11(12(2)18-3)16-9-8-13-10-17-15-7-5-4-6-14(13)15/h4-7,10-12,16-17H,8-9H2,1-3H3. The predicted molar refractivity (Wildman–Crippen MR) is 75.9 cm³/mol. The van der Waals surface area contributed by atoms with Crippen LogP contribution in [0.25, 0.3) is 10.9 Å². The van der Waals surface area contributed by atoms with E-state index in [1.54, 1.807) is 7.11 Å². The van der Waals surface area contributed by atoms with Crippen molar-refractivity contribution in [3.05, 3.63) is 36.0 Å². The minimum Gasteiger partial charge on any atom is -0.380 e. The van der Waals surface area contributed by atoms with E-state index in [-0.39, 0.29) is 6.10 Å². The van der Waals surface area contributed by atoms with Crippen molar-refractivity contribution < 1.29 is 4.74 Å². The predicted octanol–water partition coefficient (Wildman–Crippen LogP) is 2.72. The number of methoxy groups -OCH3 is 1. The summed E-state index contributed by atoms with van der Waals surface area (Å²) in [7, 11) is 1.75. The highest BCUT2D eigenvalue weighted by atomic mass is 16.5. The van der Waals surface area contributed by atoms with E-state index >= 15 is 0 Å². The number of aromatic nitrogens is 1. The second-order valence-electron chi connectivity index (χ2n) is 4.79. The van der Waals surface area contributed by atoms with Gasteiger partial charge < -0.3 is 15.0 Å². The third-order valence-electron chi connectivity index (χ3n) is 3.61. The quantitative estimate of drug-likeness (QED) is 0.822. The molecular formula is C15H22N2O. The SMILES string of the molecule is COC(C)C(C)NCCc1c[nH]c2ccccc12. The number of ether oxygens (including phenoxy) is 1. The van der Waals surface area contributed by atoms with Gasteiger partial charge in [-0.25, -0.2) is 0 Å². The molecule has 0 saturated carbocycles. The maximum absolute atomic E-state index is 5.30. The molecule has 0 aliphatic heterocycles. The largest absolute Gasteiger partial charge is 0.380 e. The Morgan fingerprint density at radius 3 is 2.83 bits per heavy atom. The highest BCUT2D eigenvalue weighted by Crippen LogP contribution is 2.17. The first kappa shape index (κ1) is 13.1. The van der Waals surface area contributed by atoms with Crippen LogP contribution in [0.5, 0.6) is 0 Å². The molecule has 3 heteroatoms. The van der Waals surface area contributed by atoms with E-state index in [0.717, 1.165) is 13.0 Å². The molecule has 0 saturated heterocycles. The van der Waals surface area contributed by atoms with Crippen molar-refractivity contribution in [3.8, 4) is 0 Å². The summed E-state index contributed by atoms with van der Waals surface area (Å²) in [5.41, 5.74) is 2.58. The molecular weight excluding hydrogens is 224 g/mol. The van der Waals surface area contributed by atoms with E-state index < -0.39 is 0 Å². The van der Waals surface area contributed by atoms with Gasteiger partial charge in [0.05, 0.1) is 6.10 Å². The van der Waals surface area contributed by atoms with E-state index in [9.17, 15) is 0 Å². The van der Waals surface area contributed by atoms with Gasteiger partial charge in [0.2, 0.25) is 0 Å². The van der Waals surface area contributed by atoms with Crippen molar-refractivity contribution in [1.82, 2.24) is 10.3 Å². The van der Waals surface area contributed by atoms with Crippen molar-refractivity contribution >= 4 is 10.9 Å². The molecule has 0 radical (unpaired) electrons. The number of H-pyrrole nitrogens is 1. The highest BCUT2D eigenvalue weighted by molar-refractivity contribution is 5.83. The summed E-state index contributed by atoms with van der Waals surface area (Å²) in [5, 5.41) is 4.82. The minimum atomic E-state index is 0.243. The molecule has 3 nitrogen and oxygen atoms in total. The van der Waals surface area contributed by atoms with Crippen molar-refractivity contribution in [2.45, 2.75) is 32.4 Å². The van der Waals surface area contributed by atoms with Crippen molar-refractivity contribution in [2.24, 2.45) is 0 Å². The van der Waals surface area contributed by atoms with Crippen LogP contribution in [0.3, 0.4) is 0 Å². The number of aromatic amines is 1. The first-order valence-corrected chi connectivity index (χ1v) is 6.53. The van der Waals surface area contributed by atoms with Gasteiger partial charge in [-0.1, -0.05) is 18.2 Å². The van der Waals surface area contributed by atoms with Gasteiger partial charge in [0, 0.05) is 30.3 Å². The molecule has 2 unspecified atom stereocenters. The molecule has 2 N–H and O–H groups in total. The molecule has 98 valence electrons. The molecule has 1 aromatic heterocycles. The molecule has 0 fully saturated rings. The molecule has 18 heavy (non-hydrogen) atoms. The molecule has 0 spiro atoms. The number of benzene rings is 1. The number of fused-ring (bicyclic) bond motifs is 1. The van der Waals surface area contributed by atoms with Gasteiger partial charge in [0.15, 0.2) is 0 Å². The van der Waals surface area contributed by atoms with E-state index in [2.05, 4.69) is 54.6 Å². The molecule has 0 aliphatic carbocycles. The van der Waals surface area contributed by atoms with Gasteiger partial charge in [-0.15, -0.1) is 0 Å². The zero-order valence-electron chi connectivity index (χ0n) is 11.4. The monoisotopic (exact) mass is 246 g/mol. The number of hydrogen-bond acceptors (Lipinski definition) is 2. The lowest BCUT2D eigenvalue weighted by Crippen LogP contribution is -2.37. The molecule has 2 aromatic rings. The van der Waals surface area contributed by atoms with Crippen molar-refractivity contribution in [2.75, 3.05) is 13.7 Å². The first-order valence-electron chi connectivity index (χ1n) is 6.53. The summed E-state index contributed by atoms with van der Waals surface area (Å²) in [4.78, 5) is 3.31. The summed E-state index contributed by atoms with van der Waals surface area (Å²) in [6, 6.07) is 8.80. The third kappa shape index (κ3) is 2.92. The van der Waals surface area contributed by atoms with E-state index in [1.165, 1.54) is 16.5 Å². The Hall–Kier alpha value is -1.32. The number of para-hydroxylation sites is 1. The van der Waals surface area contributed by atoms with Crippen LogP contribution in [-0.4, -0.2) is 30.8 Å². The smallest absolute Gasteiger partial charge is 0.0693 e. The van der Waals surface area contributed by atoms with Gasteiger partial charge in [-0.3, -0.25) is 0 Å². The van der Waals surface area contributed by atoms with Crippen LogP contribution in [-0.2, 0) is 11.2 Å². The van der Waals surface area contributed by atoms with Crippen LogP contribution in [0.4, 0.5) is 0 Å². The lowest BCUT2D eigenvalue weighted by Gasteiger charge is -2.19. The normalized spacial score (nSPS) is 14.8. The fourth-order valence-electron chi connectivity index (χ4n) is 2.14. The van der Waals surface area contributed by atoms with E-state index in [1.807, 2.05) is 0 Å². The molecule has 2 atom stereocenters. The Kier molecular flexibility index (Phi) is 4.39. The highest BCUT2D eigenvalue weighted by Gasteiger charge is 2.10. The molecule has 0 aliphatic rings. The lowest BCUT2D eigenvalue weighted by atomic mass is 10.1. The van der Waals surface area contributed by atoms with Gasteiger partial charge >= 0.3 is 0 Å². The van der Waals surface area contributed by atoms with Crippen LogP contribution in [0.2, 0.25) is 0 Å². The molecule has 1 heterocycles. The fourth-order valence-corrected chi connectivity index (χ4v) is 2.14. The number of hydrogen-bond donors (Lipinski definition) is 2. The summed E-state index contributed by atoms with van der Waals surface area (Å²) in [6.45, 7) is 5.21. The Bertz CT molecular complexity index is 492. The van der Waals surface area contributed by atoms with Gasteiger partial charge in [-0.05, 0) is 38.4 Å². The van der Waals surface area contributed by atoms with Crippen LogP contribution in [0, 0.1) is 0 Å². The zero-order valence-corrected chi connectivity index (χ0v) is 11.4. The van der Waals surface area contributed by atoms with Gasteiger partial charge in [0.25, 0.3) is 0 Å². The topological polar surface area (TPSA) is 37.0 Å². The van der Waals surface area contributed by atoms with E-state index in [0.29, 0.717) is 6.04 Å². The van der Waals surface area contributed by atoms with Crippen molar-refractivity contribution in [3.63, 3.8) is 0 Å². The van der Waals surface area contributed by atoms with Crippen LogP contribution < -0.4 is 5.32 Å². The Balaban J connectivity index is 1.91. The molecule has 2 rings (SSSR count). The number of rotatable bonds is 6. The maximum atomic E-state index is 5.30. The number of nitrogens with one attached hydrogen (secondary N) is 2. The fraction of sp³-hybridized carbons (Fsp3) is 0.467. The van der Waals surface area contributed by atoms with Crippen molar-refractivity contribution in [1.29, 1.82) is 0 Å². The average molecular weight is 246 g/mol. The Morgan fingerprint density at radius 1 is 1.28 bits per heavy atom. The van der Waals surface area contributed by atoms with Gasteiger partial charge in [-0.2, -0.15) is 0 Å². The molecule has 0 amide bonds.